The summed E-state index contributed by atoms with van der Waals surface area (Å²) in [4.78, 5) is 27.4. The molecule has 2 heterocycles. The van der Waals surface area contributed by atoms with Crippen molar-refractivity contribution in [1.29, 1.82) is 0 Å². The molecule has 0 aromatic rings. The molecule has 20 heavy (non-hydrogen) atoms. The molecule has 2 aliphatic heterocycles. The van der Waals surface area contributed by atoms with Crippen molar-refractivity contribution in [2.45, 2.75) is 26.2 Å². The molecule has 2 rings (SSSR count). The van der Waals surface area contributed by atoms with Crippen LogP contribution in [-0.4, -0.2) is 72.6 Å². The van der Waals surface area contributed by atoms with Gasteiger partial charge in [-0.2, -0.15) is 0 Å². The highest BCUT2D eigenvalue weighted by Gasteiger charge is 2.42. The molecule has 1 amide bonds. The highest BCUT2D eigenvalue weighted by atomic mass is 16.4. The molecule has 0 bridgehead atoms. The van der Waals surface area contributed by atoms with E-state index in [0.717, 1.165) is 52.1 Å². The Morgan fingerprint density at radius 2 is 1.95 bits per heavy atom. The zero-order chi connectivity index (χ0) is 14.6. The van der Waals surface area contributed by atoms with Crippen molar-refractivity contribution in [2.24, 2.45) is 5.41 Å². The van der Waals surface area contributed by atoms with Crippen LogP contribution in [0.4, 0.5) is 0 Å². The lowest BCUT2D eigenvalue weighted by Crippen LogP contribution is -2.53. The van der Waals surface area contributed by atoms with Gasteiger partial charge in [0.25, 0.3) is 0 Å². The Bertz CT molecular complexity index is 359. The van der Waals surface area contributed by atoms with E-state index in [1.807, 2.05) is 4.90 Å². The third-order valence-corrected chi connectivity index (χ3v) is 4.68. The normalized spacial score (nSPS) is 27.8. The molecule has 1 atom stereocenters. The Hall–Kier alpha value is -1.14. The summed E-state index contributed by atoms with van der Waals surface area (Å²) in [5.41, 5.74) is -0.205. The van der Waals surface area contributed by atoms with Gasteiger partial charge in [0.05, 0.1) is 11.8 Å². The Labute approximate surface area is 120 Å². The second-order valence-electron chi connectivity index (χ2n) is 5.84. The first-order valence-electron chi connectivity index (χ1n) is 7.52. The average Bonchev–Trinajstić information content (AvgIpc) is 2.95. The molecule has 2 aliphatic rings. The third-order valence-electron chi connectivity index (χ3n) is 4.68. The lowest BCUT2D eigenvalue weighted by Gasteiger charge is -2.39. The molecule has 0 spiro atoms. The fourth-order valence-corrected chi connectivity index (χ4v) is 3.14. The van der Waals surface area contributed by atoms with Gasteiger partial charge in [0, 0.05) is 39.3 Å². The number of nitrogens with one attached hydrogen (secondary N) is 1. The minimum Gasteiger partial charge on any atom is -0.481 e. The molecule has 0 aliphatic carbocycles. The molecular formula is C14H25N3O3. The van der Waals surface area contributed by atoms with Gasteiger partial charge in [0.2, 0.25) is 5.91 Å². The molecule has 6 nitrogen and oxygen atoms in total. The number of piperazine rings is 1. The van der Waals surface area contributed by atoms with Crippen molar-refractivity contribution in [3.8, 4) is 0 Å². The number of carboxylic acid groups (broad SMARTS) is 1. The smallest absolute Gasteiger partial charge is 0.304 e. The van der Waals surface area contributed by atoms with Crippen LogP contribution in [0.5, 0.6) is 0 Å². The van der Waals surface area contributed by atoms with Gasteiger partial charge in [0.1, 0.15) is 0 Å². The van der Waals surface area contributed by atoms with E-state index in [4.69, 9.17) is 5.11 Å². The van der Waals surface area contributed by atoms with Crippen LogP contribution in [0.15, 0.2) is 0 Å². The molecule has 0 saturated carbocycles. The van der Waals surface area contributed by atoms with Crippen LogP contribution >= 0.6 is 0 Å². The highest BCUT2D eigenvalue weighted by Crippen LogP contribution is 2.32. The molecule has 6 heteroatoms. The highest BCUT2D eigenvalue weighted by molar-refractivity contribution is 5.83. The number of hydrogen-bond acceptors (Lipinski definition) is 4. The van der Waals surface area contributed by atoms with E-state index < -0.39 is 5.97 Å². The molecule has 0 radical (unpaired) electrons. The number of carboxylic acids is 1. The Balaban J connectivity index is 1.84. The standard InChI is InChI=1S/C14H25N3O3/c1-2-14(4-5-15-11-14)13(20)17-9-7-16(8-10-17)6-3-12(18)19/h15H,2-11H2,1H3,(H,18,19). The Morgan fingerprint density at radius 1 is 1.25 bits per heavy atom. The molecule has 1 unspecified atom stereocenters. The summed E-state index contributed by atoms with van der Waals surface area (Å²) in [7, 11) is 0. The lowest BCUT2D eigenvalue weighted by atomic mass is 9.82. The maximum Gasteiger partial charge on any atom is 0.304 e. The van der Waals surface area contributed by atoms with Gasteiger partial charge < -0.3 is 15.3 Å². The van der Waals surface area contributed by atoms with Crippen LogP contribution in [0.25, 0.3) is 0 Å². The summed E-state index contributed by atoms with van der Waals surface area (Å²) < 4.78 is 0. The molecule has 2 N–H and O–H groups in total. The van der Waals surface area contributed by atoms with Crippen molar-refractivity contribution in [3.05, 3.63) is 0 Å². The number of carbonyl (C=O) groups excluding carboxylic acids is 1. The van der Waals surface area contributed by atoms with Gasteiger partial charge in [0.15, 0.2) is 0 Å². The predicted molar refractivity (Wildman–Crippen MR) is 75.5 cm³/mol. The van der Waals surface area contributed by atoms with Crippen molar-refractivity contribution in [3.63, 3.8) is 0 Å². The third kappa shape index (κ3) is 3.30. The SMILES string of the molecule is CCC1(C(=O)N2CCN(CCC(=O)O)CC2)CCNC1. The first-order valence-corrected chi connectivity index (χ1v) is 7.52. The zero-order valence-electron chi connectivity index (χ0n) is 12.2. The van der Waals surface area contributed by atoms with E-state index in [1.165, 1.54) is 0 Å². The van der Waals surface area contributed by atoms with Crippen molar-refractivity contribution in [2.75, 3.05) is 45.8 Å². The zero-order valence-corrected chi connectivity index (χ0v) is 12.2. The van der Waals surface area contributed by atoms with Gasteiger partial charge >= 0.3 is 5.97 Å². The molecular weight excluding hydrogens is 258 g/mol. The summed E-state index contributed by atoms with van der Waals surface area (Å²) in [6, 6.07) is 0. The van der Waals surface area contributed by atoms with Crippen LogP contribution in [-0.2, 0) is 9.59 Å². The summed E-state index contributed by atoms with van der Waals surface area (Å²) in [5, 5.41) is 12.0. The summed E-state index contributed by atoms with van der Waals surface area (Å²) in [5.74, 6) is -0.478. The topological polar surface area (TPSA) is 72.9 Å². The van der Waals surface area contributed by atoms with Crippen LogP contribution in [0.1, 0.15) is 26.2 Å². The number of carbonyl (C=O) groups is 2. The van der Waals surface area contributed by atoms with Crippen LogP contribution < -0.4 is 5.32 Å². The summed E-state index contributed by atoms with van der Waals surface area (Å²) in [6.45, 7) is 7.41. The monoisotopic (exact) mass is 283 g/mol. The average molecular weight is 283 g/mol. The quantitative estimate of drug-likeness (QED) is 0.743. The minimum atomic E-state index is -0.759. The number of rotatable bonds is 5. The Morgan fingerprint density at radius 3 is 2.45 bits per heavy atom. The van der Waals surface area contributed by atoms with E-state index in [2.05, 4.69) is 17.1 Å². The van der Waals surface area contributed by atoms with E-state index >= 15 is 0 Å². The van der Waals surface area contributed by atoms with E-state index in [0.29, 0.717) is 6.54 Å². The molecule has 114 valence electrons. The largest absolute Gasteiger partial charge is 0.481 e. The fourth-order valence-electron chi connectivity index (χ4n) is 3.14. The van der Waals surface area contributed by atoms with Crippen LogP contribution in [0, 0.1) is 5.41 Å². The van der Waals surface area contributed by atoms with Crippen molar-refractivity contribution < 1.29 is 14.7 Å². The number of nitrogens with zero attached hydrogens (tertiary/aromatic N) is 2. The van der Waals surface area contributed by atoms with E-state index in [9.17, 15) is 9.59 Å². The van der Waals surface area contributed by atoms with Crippen molar-refractivity contribution >= 4 is 11.9 Å². The first kappa shape index (κ1) is 15.3. The fraction of sp³-hybridized carbons (Fsp3) is 0.857. The van der Waals surface area contributed by atoms with Gasteiger partial charge in [-0.3, -0.25) is 14.5 Å². The van der Waals surface area contributed by atoms with Crippen LogP contribution in [0.3, 0.4) is 0 Å². The van der Waals surface area contributed by atoms with Gasteiger partial charge in [-0.1, -0.05) is 6.92 Å². The van der Waals surface area contributed by atoms with Crippen molar-refractivity contribution in [1.82, 2.24) is 15.1 Å². The summed E-state index contributed by atoms with van der Waals surface area (Å²) >= 11 is 0. The van der Waals surface area contributed by atoms with E-state index in [-0.39, 0.29) is 17.7 Å². The Kier molecular flexibility index (Phi) is 4.99. The summed E-state index contributed by atoms with van der Waals surface area (Å²) in [6.07, 6.45) is 2.00. The predicted octanol–water partition coefficient (Wildman–Crippen LogP) is -0.00500. The first-order chi connectivity index (χ1) is 9.57. The van der Waals surface area contributed by atoms with Gasteiger partial charge in [-0.15, -0.1) is 0 Å². The lowest BCUT2D eigenvalue weighted by molar-refractivity contribution is -0.144. The molecule has 0 aromatic heterocycles. The second-order valence-corrected chi connectivity index (χ2v) is 5.84. The maximum atomic E-state index is 12.7. The minimum absolute atomic E-state index is 0.177. The second kappa shape index (κ2) is 6.54. The number of amides is 1. The van der Waals surface area contributed by atoms with E-state index in [1.54, 1.807) is 0 Å². The molecule has 2 saturated heterocycles. The maximum absolute atomic E-state index is 12.7. The van der Waals surface area contributed by atoms with Crippen LogP contribution in [0.2, 0.25) is 0 Å². The number of hydrogen-bond donors (Lipinski definition) is 2. The molecule has 0 aromatic carbocycles. The number of aliphatic carboxylic acids is 1. The van der Waals surface area contributed by atoms with Gasteiger partial charge in [-0.25, -0.2) is 0 Å². The molecule has 2 fully saturated rings. The van der Waals surface area contributed by atoms with Gasteiger partial charge in [-0.05, 0) is 19.4 Å².